The van der Waals surface area contributed by atoms with E-state index in [9.17, 15) is 0 Å². The summed E-state index contributed by atoms with van der Waals surface area (Å²) in [5, 5.41) is 3.59. The van der Waals surface area contributed by atoms with Gasteiger partial charge in [0.15, 0.2) is 0 Å². The highest BCUT2D eigenvalue weighted by Gasteiger charge is 2.06. The van der Waals surface area contributed by atoms with Crippen molar-refractivity contribution >= 4 is 21.7 Å². The molecule has 2 aromatic carbocycles. The highest BCUT2D eigenvalue weighted by Crippen LogP contribution is 2.29. The Morgan fingerprint density at radius 2 is 1.05 bits per heavy atom. The Hall–Kier alpha value is -2.29. The van der Waals surface area contributed by atoms with E-state index in [1.165, 1.54) is 112 Å². The molecule has 0 N–H and O–H groups in total. The van der Waals surface area contributed by atoms with Crippen LogP contribution >= 0.6 is 0 Å². The number of hydrogen-bond donors (Lipinski definition) is 0. The highest BCUT2D eigenvalue weighted by atomic mass is 16.5. The van der Waals surface area contributed by atoms with Crippen LogP contribution in [0, 0.1) is 0 Å². The van der Waals surface area contributed by atoms with Gasteiger partial charge >= 0.3 is 0 Å². The van der Waals surface area contributed by atoms with E-state index in [-0.39, 0.29) is 0 Å². The SMILES string of the molecule is CCCCCCCCCCCOc1ccc2c(ccc3nc(OCCCCCCCCCC)ccc32)c1. The molecule has 0 aliphatic carbocycles. The number of benzene rings is 2. The molecule has 37 heavy (non-hydrogen) atoms. The molecule has 3 rings (SSSR count). The first-order valence-electron chi connectivity index (χ1n) is 15.4. The number of ether oxygens (including phenoxy) is 2. The Balaban J connectivity index is 1.38. The third-order valence-electron chi connectivity index (χ3n) is 7.40. The van der Waals surface area contributed by atoms with Gasteiger partial charge in [0, 0.05) is 11.5 Å². The second-order valence-electron chi connectivity index (χ2n) is 10.7. The van der Waals surface area contributed by atoms with Gasteiger partial charge in [0.1, 0.15) is 5.75 Å². The fraction of sp³-hybridized carbons (Fsp3) is 0.618. The van der Waals surface area contributed by atoms with Gasteiger partial charge in [-0.1, -0.05) is 122 Å². The maximum atomic E-state index is 6.07. The van der Waals surface area contributed by atoms with Crippen LogP contribution in [0.2, 0.25) is 0 Å². The minimum absolute atomic E-state index is 0.732. The van der Waals surface area contributed by atoms with Crippen LogP contribution in [0.1, 0.15) is 123 Å². The molecular weight excluding hydrogens is 454 g/mol. The number of fused-ring (bicyclic) bond motifs is 3. The van der Waals surface area contributed by atoms with Gasteiger partial charge < -0.3 is 9.47 Å². The molecule has 0 saturated carbocycles. The Kier molecular flexibility index (Phi) is 14.3. The van der Waals surface area contributed by atoms with Crippen molar-refractivity contribution in [2.45, 2.75) is 123 Å². The van der Waals surface area contributed by atoms with E-state index in [1.54, 1.807) is 0 Å². The number of pyridine rings is 1. The van der Waals surface area contributed by atoms with Crippen LogP contribution in [0.25, 0.3) is 21.7 Å². The zero-order valence-electron chi connectivity index (χ0n) is 23.7. The summed E-state index contributed by atoms with van der Waals surface area (Å²) in [7, 11) is 0. The van der Waals surface area contributed by atoms with E-state index in [2.05, 4.69) is 50.2 Å². The van der Waals surface area contributed by atoms with Crippen molar-refractivity contribution in [3.8, 4) is 11.6 Å². The molecule has 0 aliphatic rings. The fourth-order valence-corrected chi connectivity index (χ4v) is 5.09. The monoisotopic (exact) mass is 505 g/mol. The van der Waals surface area contributed by atoms with E-state index < -0.39 is 0 Å². The van der Waals surface area contributed by atoms with Crippen LogP contribution in [0.15, 0.2) is 42.5 Å². The van der Waals surface area contributed by atoms with Crippen molar-refractivity contribution in [3.05, 3.63) is 42.5 Å². The predicted octanol–water partition coefficient (Wildman–Crippen LogP) is 10.8. The third-order valence-corrected chi connectivity index (χ3v) is 7.40. The van der Waals surface area contributed by atoms with E-state index in [4.69, 9.17) is 14.5 Å². The Morgan fingerprint density at radius 3 is 1.68 bits per heavy atom. The Labute approximate surface area is 226 Å². The van der Waals surface area contributed by atoms with Crippen molar-refractivity contribution < 1.29 is 9.47 Å². The summed E-state index contributed by atoms with van der Waals surface area (Å²) < 4.78 is 12.0. The molecule has 0 amide bonds. The molecule has 0 saturated heterocycles. The van der Waals surface area contributed by atoms with E-state index in [1.807, 2.05) is 6.07 Å². The zero-order chi connectivity index (χ0) is 26.0. The van der Waals surface area contributed by atoms with E-state index in [0.29, 0.717) is 0 Å². The van der Waals surface area contributed by atoms with Crippen molar-refractivity contribution in [1.82, 2.24) is 4.98 Å². The predicted molar refractivity (Wildman–Crippen MR) is 160 cm³/mol. The maximum Gasteiger partial charge on any atom is 0.213 e. The molecular formula is C34H51NO2. The Bertz CT molecular complexity index is 1020. The molecule has 0 spiro atoms. The lowest BCUT2D eigenvalue weighted by molar-refractivity contribution is 0.294. The number of nitrogens with zero attached hydrogens (tertiary/aromatic N) is 1. The van der Waals surface area contributed by atoms with Gasteiger partial charge in [0.2, 0.25) is 5.88 Å². The topological polar surface area (TPSA) is 31.4 Å². The fourth-order valence-electron chi connectivity index (χ4n) is 5.09. The van der Waals surface area contributed by atoms with Crippen LogP contribution in [-0.4, -0.2) is 18.2 Å². The molecule has 0 fully saturated rings. The minimum Gasteiger partial charge on any atom is -0.494 e. The van der Waals surface area contributed by atoms with Crippen LogP contribution in [0.3, 0.4) is 0 Å². The molecule has 0 atom stereocenters. The average Bonchev–Trinajstić information content (AvgIpc) is 2.92. The smallest absolute Gasteiger partial charge is 0.213 e. The van der Waals surface area contributed by atoms with Crippen LogP contribution in [0.4, 0.5) is 0 Å². The molecule has 0 bridgehead atoms. The summed E-state index contributed by atoms with van der Waals surface area (Å²) in [6, 6.07) is 14.9. The van der Waals surface area contributed by atoms with Crippen molar-refractivity contribution in [3.63, 3.8) is 0 Å². The lowest BCUT2D eigenvalue weighted by Crippen LogP contribution is -1.99. The molecule has 1 aromatic heterocycles. The molecule has 3 heteroatoms. The van der Waals surface area contributed by atoms with Gasteiger partial charge in [-0.2, -0.15) is 0 Å². The first-order chi connectivity index (χ1) is 18.3. The van der Waals surface area contributed by atoms with E-state index >= 15 is 0 Å². The molecule has 0 radical (unpaired) electrons. The van der Waals surface area contributed by atoms with Crippen LogP contribution in [-0.2, 0) is 0 Å². The number of rotatable bonds is 21. The van der Waals surface area contributed by atoms with Gasteiger partial charge in [-0.25, -0.2) is 4.98 Å². The first-order valence-corrected chi connectivity index (χ1v) is 15.4. The van der Waals surface area contributed by atoms with Crippen molar-refractivity contribution in [2.24, 2.45) is 0 Å². The molecule has 3 nitrogen and oxygen atoms in total. The molecule has 204 valence electrons. The molecule has 1 heterocycles. The molecule has 0 unspecified atom stereocenters. The molecule has 0 aliphatic heterocycles. The summed E-state index contributed by atoms with van der Waals surface area (Å²) in [6.07, 6.45) is 22.5. The summed E-state index contributed by atoms with van der Waals surface area (Å²) >= 11 is 0. The van der Waals surface area contributed by atoms with Crippen LogP contribution in [0.5, 0.6) is 11.6 Å². The zero-order valence-corrected chi connectivity index (χ0v) is 23.7. The van der Waals surface area contributed by atoms with Gasteiger partial charge in [-0.15, -0.1) is 0 Å². The number of unbranched alkanes of at least 4 members (excludes halogenated alkanes) is 15. The largest absolute Gasteiger partial charge is 0.494 e. The minimum atomic E-state index is 0.732. The normalized spacial score (nSPS) is 11.4. The summed E-state index contributed by atoms with van der Waals surface area (Å²) in [5.74, 6) is 1.69. The van der Waals surface area contributed by atoms with Gasteiger partial charge in [0.05, 0.1) is 18.7 Å². The van der Waals surface area contributed by atoms with Gasteiger partial charge in [-0.3, -0.25) is 0 Å². The number of hydrogen-bond acceptors (Lipinski definition) is 3. The summed E-state index contributed by atoms with van der Waals surface area (Å²) in [6.45, 7) is 6.10. The average molecular weight is 506 g/mol. The van der Waals surface area contributed by atoms with Crippen molar-refractivity contribution in [1.29, 1.82) is 0 Å². The molecule has 3 aromatic rings. The quantitative estimate of drug-likeness (QED) is 0.107. The van der Waals surface area contributed by atoms with E-state index in [0.717, 1.165) is 43.2 Å². The maximum absolute atomic E-state index is 6.07. The highest BCUT2D eigenvalue weighted by molar-refractivity contribution is 6.06. The van der Waals surface area contributed by atoms with Crippen LogP contribution < -0.4 is 9.47 Å². The number of aromatic nitrogens is 1. The second-order valence-corrected chi connectivity index (χ2v) is 10.7. The van der Waals surface area contributed by atoms with Crippen molar-refractivity contribution in [2.75, 3.05) is 13.2 Å². The first kappa shape index (κ1) is 29.3. The van der Waals surface area contributed by atoms with Gasteiger partial charge in [0.25, 0.3) is 0 Å². The lowest BCUT2D eigenvalue weighted by atomic mass is 10.0. The second kappa shape index (κ2) is 18.0. The third kappa shape index (κ3) is 10.9. The lowest BCUT2D eigenvalue weighted by Gasteiger charge is -2.10. The summed E-state index contributed by atoms with van der Waals surface area (Å²) in [5.41, 5.74) is 0.990. The summed E-state index contributed by atoms with van der Waals surface area (Å²) in [4.78, 5) is 4.77. The standard InChI is InChI=1S/C34H51NO2/c1-3-5-7-9-11-13-15-16-18-26-36-30-21-22-31-29(28-30)20-24-33-32(31)23-25-34(35-33)37-27-19-17-14-12-10-8-6-4-2/h20-25,28H,3-19,26-27H2,1-2H3. The van der Waals surface area contributed by atoms with Gasteiger partial charge in [-0.05, 0) is 47.9 Å². The Morgan fingerprint density at radius 1 is 0.514 bits per heavy atom.